The van der Waals surface area contributed by atoms with E-state index >= 15 is 0 Å². The van der Waals surface area contributed by atoms with E-state index in [0.717, 1.165) is 17.5 Å². The van der Waals surface area contributed by atoms with Crippen LogP contribution in [0, 0.1) is 19.7 Å². The molecule has 0 saturated carbocycles. The fourth-order valence-electron chi connectivity index (χ4n) is 1.84. The molecule has 0 spiro atoms. The van der Waals surface area contributed by atoms with Crippen LogP contribution in [0.2, 0.25) is 0 Å². The standard InChI is InChI=1S/C13H13FO/c1-8-6-11(12(14)7-9(8)2)10-4-3-5-13(10)15/h4,6-7H,3,5H2,1-2H3. The van der Waals surface area contributed by atoms with E-state index in [1.54, 1.807) is 6.07 Å². The van der Waals surface area contributed by atoms with E-state index in [-0.39, 0.29) is 11.6 Å². The summed E-state index contributed by atoms with van der Waals surface area (Å²) in [6.45, 7) is 3.80. The van der Waals surface area contributed by atoms with Crippen LogP contribution in [0.3, 0.4) is 0 Å². The Morgan fingerprint density at radius 1 is 1.20 bits per heavy atom. The van der Waals surface area contributed by atoms with Crippen molar-refractivity contribution in [1.82, 2.24) is 0 Å². The van der Waals surface area contributed by atoms with Crippen molar-refractivity contribution in [2.75, 3.05) is 0 Å². The van der Waals surface area contributed by atoms with Crippen LogP contribution >= 0.6 is 0 Å². The Hall–Kier alpha value is -1.44. The largest absolute Gasteiger partial charge is 0.294 e. The fraction of sp³-hybridized carbons (Fsp3) is 0.308. The topological polar surface area (TPSA) is 17.1 Å². The number of ketones is 1. The molecule has 0 amide bonds. The first-order valence-corrected chi connectivity index (χ1v) is 5.10. The number of Topliss-reactive ketones (excluding diaryl/α,β-unsaturated/α-hetero) is 1. The number of hydrogen-bond donors (Lipinski definition) is 0. The summed E-state index contributed by atoms with van der Waals surface area (Å²) in [5, 5.41) is 0. The van der Waals surface area contributed by atoms with Crippen LogP contribution in [0.15, 0.2) is 18.2 Å². The molecule has 1 aromatic carbocycles. The molecular formula is C13H13FO. The Kier molecular flexibility index (Phi) is 2.43. The minimum absolute atomic E-state index is 0.0529. The van der Waals surface area contributed by atoms with Gasteiger partial charge in [-0.3, -0.25) is 4.79 Å². The number of carbonyl (C=O) groups is 1. The number of hydrogen-bond acceptors (Lipinski definition) is 1. The zero-order valence-corrected chi connectivity index (χ0v) is 8.93. The summed E-state index contributed by atoms with van der Waals surface area (Å²) in [4.78, 5) is 11.5. The van der Waals surface area contributed by atoms with E-state index in [2.05, 4.69) is 0 Å². The smallest absolute Gasteiger partial charge is 0.163 e. The summed E-state index contributed by atoms with van der Waals surface area (Å²) in [6, 6.07) is 3.26. The lowest BCUT2D eigenvalue weighted by Gasteiger charge is -2.07. The molecule has 1 nitrogen and oxygen atoms in total. The average molecular weight is 204 g/mol. The molecule has 0 aliphatic heterocycles. The van der Waals surface area contributed by atoms with E-state index in [1.807, 2.05) is 19.9 Å². The van der Waals surface area contributed by atoms with Gasteiger partial charge >= 0.3 is 0 Å². The molecule has 0 radical (unpaired) electrons. The normalized spacial score (nSPS) is 15.7. The second kappa shape index (κ2) is 3.61. The number of carbonyl (C=O) groups excluding carboxylic acids is 1. The van der Waals surface area contributed by atoms with Crippen LogP contribution in [0.4, 0.5) is 4.39 Å². The molecule has 15 heavy (non-hydrogen) atoms. The maximum atomic E-state index is 13.7. The van der Waals surface area contributed by atoms with Gasteiger partial charge in [-0.15, -0.1) is 0 Å². The third kappa shape index (κ3) is 1.72. The molecule has 0 atom stereocenters. The monoisotopic (exact) mass is 204 g/mol. The summed E-state index contributed by atoms with van der Waals surface area (Å²) >= 11 is 0. The molecule has 0 unspecified atom stereocenters. The van der Waals surface area contributed by atoms with Gasteiger partial charge in [-0.1, -0.05) is 6.08 Å². The highest BCUT2D eigenvalue weighted by Gasteiger charge is 2.20. The van der Waals surface area contributed by atoms with Crippen molar-refractivity contribution >= 4 is 11.4 Å². The van der Waals surface area contributed by atoms with Gasteiger partial charge in [0.1, 0.15) is 5.82 Å². The minimum atomic E-state index is -0.292. The molecule has 0 saturated heterocycles. The highest BCUT2D eigenvalue weighted by atomic mass is 19.1. The first-order chi connectivity index (χ1) is 7.09. The fourth-order valence-corrected chi connectivity index (χ4v) is 1.84. The second-order valence-corrected chi connectivity index (χ2v) is 4.00. The summed E-state index contributed by atoms with van der Waals surface area (Å²) < 4.78 is 13.7. The number of benzene rings is 1. The number of aryl methyl sites for hydroxylation is 2. The van der Waals surface area contributed by atoms with Crippen molar-refractivity contribution in [3.8, 4) is 0 Å². The Bertz CT molecular complexity index is 458. The van der Waals surface area contributed by atoms with Crippen molar-refractivity contribution in [2.24, 2.45) is 0 Å². The first kappa shape index (κ1) is 10.1. The zero-order valence-electron chi connectivity index (χ0n) is 8.93. The van der Waals surface area contributed by atoms with E-state index in [9.17, 15) is 9.18 Å². The van der Waals surface area contributed by atoms with Gasteiger partial charge in [-0.25, -0.2) is 4.39 Å². The number of halogens is 1. The average Bonchev–Trinajstić information content (AvgIpc) is 2.58. The minimum Gasteiger partial charge on any atom is -0.294 e. The lowest BCUT2D eigenvalue weighted by atomic mass is 9.99. The molecule has 1 aliphatic carbocycles. The van der Waals surface area contributed by atoms with Gasteiger partial charge < -0.3 is 0 Å². The Balaban J connectivity index is 2.53. The molecule has 1 aromatic rings. The summed E-state index contributed by atoms with van der Waals surface area (Å²) in [5.41, 5.74) is 2.95. The van der Waals surface area contributed by atoms with Crippen LogP contribution in [0.25, 0.3) is 5.57 Å². The first-order valence-electron chi connectivity index (χ1n) is 5.10. The highest BCUT2D eigenvalue weighted by Crippen LogP contribution is 2.28. The predicted molar refractivity (Wildman–Crippen MR) is 58.1 cm³/mol. The highest BCUT2D eigenvalue weighted by molar-refractivity contribution is 6.22. The van der Waals surface area contributed by atoms with Gasteiger partial charge in [0.2, 0.25) is 0 Å². The lowest BCUT2D eigenvalue weighted by Crippen LogP contribution is -1.99. The van der Waals surface area contributed by atoms with Crippen molar-refractivity contribution in [2.45, 2.75) is 26.7 Å². The van der Waals surface area contributed by atoms with Crippen molar-refractivity contribution < 1.29 is 9.18 Å². The van der Waals surface area contributed by atoms with Gasteiger partial charge in [-0.2, -0.15) is 0 Å². The molecule has 0 aromatic heterocycles. The van der Waals surface area contributed by atoms with E-state index < -0.39 is 0 Å². The van der Waals surface area contributed by atoms with Gasteiger partial charge in [0.05, 0.1) is 0 Å². The SMILES string of the molecule is Cc1cc(F)c(C2=CCCC2=O)cc1C. The van der Waals surface area contributed by atoms with Gasteiger partial charge in [0.25, 0.3) is 0 Å². The van der Waals surface area contributed by atoms with Gasteiger partial charge in [0, 0.05) is 17.6 Å². The van der Waals surface area contributed by atoms with E-state index in [0.29, 0.717) is 17.6 Å². The van der Waals surface area contributed by atoms with E-state index in [4.69, 9.17) is 0 Å². The molecule has 78 valence electrons. The molecule has 0 fully saturated rings. The van der Waals surface area contributed by atoms with Crippen LogP contribution in [-0.2, 0) is 4.79 Å². The van der Waals surface area contributed by atoms with E-state index in [1.165, 1.54) is 6.07 Å². The lowest BCUT2D eigenvalue weighted by molar-refractivity contribution is -0.113. The third-order valence-electron chi connectivity index (χ3n) is 2.89. The Labute approximate surface area is 88.6 Å². The Morgan fingerprint density at radius 3 is 2.47 bits per heavy atom. The summed E-state index contributed by atoms with van der Waals surface area (Å²) in [7, 11) is 0. The molecule has 0 bridgehead atoms. The Morgan fingerprint density at radius 2 is 1.87 bits per heavy atom. The molecular weight excluding hydrogens is 191 g/mol. The predicted octanol–water partition coefficient (Wildman–Crippen LogP) is 3.19. The quantitative estimate of drug-likeness (QED) is 0.686. The number of rotatable bonds is 1. The van der Waals surface area contributed by atoms with Gasteiger partial charge in [0.15, 0.2) is 5.78 Å². The van der Waals surface area contributed by atoms with Gasteiger partial charge in [-0.05, 0) is 43.5 Å². The molecule has 0 heterocycles. The molecule has 1 aliphatic rings. The molecule has 0 N–H and O–H groups in total. The second-order valence-electron chi connectivity index (χ2n) is 4.00. The number of allylic oxidation sites excluding steroid dienone is 2. The zero-order chi connectivity index (χ0) is 11.0. The van der Waals surface area contributed by atoms with Crippen LogP contribution in [-0.4, -0.2) is 5.78 Å². The van der Waals surface area contributed by atoms with Crippen LogP contribution in [0.1, 0.15) is 29.5 Å². The van der Waals surface area contributed by atoms with Crippen molar-refractivity contribution in [3.63, 3.8) is 0 Å². The van der Waals surface area contributed by atoms with Crippen LogP contribution in [0.5, 0.6) is 0 Å². The molecule has 2 heteroatoms. The maximum Gasteiger partial charge on any atom is 0.163 e. The van der Waals surface area contributed by atoms with Crippen molar-refractivity contribution in [1.29, 1.82) is 0 Å². The van der Waals surface area contributed by atoms with Crippen molar-refractivity contribution in [3.05, 3.63) is 40.7 Å². The molecule has 2 rings (SSSR count). The third-order valence-corrected chi connectivity index (χ3v) is 2.89. The summed E-state index contributed by atoms with van der Waals surface area (Å²) in [6.07, 6.45) is 3.08. The maximum absolute atomic E-state index is 13.7. The van der Waals surface area contributed by atoms with Crippen LogP contribution < -0.4 is 0 Å². The summed E-state index contributed by atoms with van der Waals surface area (Å²) in [5.74, 6) is -0.239.